The van der Waals surface area contributed by atoms with Crippen LogP contribution in [0, 0.1) is 13.8 Å². The molecule has 3 N–H and O–H groups in total. The summed E-state index contributed by atoms with van der Waals surface area (Å²) < 4.78 is 6.04. The summed E-state index contributed by atoms with van der Waals surface area (Å²) in [5.74, 6) is 1.28. The number of aromatic nitrogens is 3. The lowest BCUT2D eigenvalue weighted by Crippen LogP contribution is -2.07. The molecule has 0 fully saturated rings. The number of benzene rings is 1. The number of aryl methyl sites for hydroxylation is 2. The number of nitrogens with one attached hydrogen (secondary N) is 1. The molecule has 2 aromatic heterocycles. The smallest absolute Gasteiger partial charge is 0.223 e. The first-order valence-electron chi connectivity index (χ1n) is 6.31. The van der Waals surface area contributed by atoms with E-state index in [1.807, 2.05) is 19.1 Å². The predicted molar refractivity (Wildman–Crippen MR) is 80.0 cm³/mol. The van der Waals surface area contributed by atoms with Crippen LogP contribution in [-0.4, -0.2) is 21.7 Å². The topological polar surface area (TPSA) is 89.9 Å². The lowest BCUT2D eigenvalue weighted by molar-refractivity contribution is 0.387. The summed E-state index contributed by atoms with van der Waals surface area (Å²) in [5, 5.41) is 8.19. The van der Waals surface area contributed by atoms with E-state index in [2.05, 4.69) is 20.4 Å². The summed E-state index contributed by atoms with van der Waals surface area (Å²) in [6.07, 6.45) is 0.685. The number of nitrogen functional groups attached to an aromatic ring is 1. The van der Waals surface area contributed by atoms with Crippen LogP contribution in [0.3, 0.4) is 0 Å². The molecular weight excluding hydrogens is 274 g/mol. The van der Waals surface area contributed by atoms with E-state index in [1.165, 1.54) is 0 Å². The monoisotopic (exact) mass is 289 g/mol. The molecule has 0 amide bonds. The van der Waals surface area contributed by atoms with E-state index < -0.39 is 0 Å². The number of hydrogen-bond acceptors (Lipinski definition) is 7. The fraction of sp³-hybridized carbons (Fsp3) is 0.308. The molecule has 0 saturated heterocycles. The Balaban J connectivity index is 1.71. The summed E-state index contributed by atoms with van der Waals surface area (Å²) in [5.41, 5.74) is 8.64. The zero-order valence-corrected chi connectivity index (χ0v) is 12.1. The molecule has 0 atom stereocenters. The second-order valence-electron chi connectivity index (χ2n) is 4.55. The zero-order chi connectivity index (χ0) is 14.1. The van der Waals surface area contributed by atoms with Gasteiger partial charge in [-0.15, -0.1) is 11.3 Å². The van der Waals surface area contributed by atoms with Crippen LogP contribution in [0.1, 0.15) is 16.7 Å². The van der Waals surface area contributed by atoms with E-state index in [0.717, 1.165) is 26.6 Å². The summed E-state index contributed by atoms with van der Waals surface area (Å²) in [4.78, 5) is 8.63. The number of thiazole rings is 1. The van der Waals surface area contributed by atoms with Crippen molar-refractivity contribution in [1.29, 1.82) is 0 Å². The van der Waals surface area contributed by atoms with Crippen LogP contribution < -0.4 is 11.1 Å². The van der Waals surface area contributed by atoms with Gasteiger partial charge in [0.15, 0.2) is 5.82 Å². The van der Waals surface area contributed by atoms with Gasteiger partial charge < -0.3 is 15.6 Å². The molecule has 3 aromatic rings. The minimum absolute atomic E-state index is 0.582. The highest BCUT2D eigenvalue weighted by molar-refractivity contribution is 7.18. The molecule has 0 saturated carbocycles. The summed E-state index contributed by atoms with van der Waals surface area (Å²) >= 11 is 1.65. The minimum Gasteiger partial charge on any atom is -0.397 e. The molecule has 6 nitrogen and oxygen atoms in total. The highest BCUT2D eigenvalue weighted by atomic mass is 32.1. The van der Waals surface area contributed by atoms with Crippen molar-refractivity contribution in [3.63, 3.8) is 0 Å². The van der Waals surface area contributed by atoms with E-state index in [0.29, 0.717) is 24.7 Å². The highest BCUT2D eigenvalue weighted by Crippen LogP contribution is 2.29. The van der Waals surface area contributed by atoms with Gasteiger partial charge in [0.2, 0.25) is 5.89 Å². The molecule has 0 unspecified atom stereocenters. The number of fused-ring (bicyclic) bond motifs is 1. The predicted octanol–water partition coefficient (Wildman–Crippen LogP) is 2.53. The minimum atomic E-state index is 0.582. The van der Waals surface area contributed by atoms with Gasteiger partial charge in [-0.3, -0.25) is 0 Å². The largest absolute Gasteiger partial charge is 0.397 e. The molecule has 20 heavy (non-hydrogen) atoms. The first-order chi connectivity index (χ1) is 9.61. The zero-order valence-electron chi connectivity index (χ0n) is 11.3. The summed E-state index contributed by atoms with van der Waals surface area (Å²) in [7, 11) is 0. The van der Waals surface area contributed by atoms with Crippen molar-refractivity contribution in [1.82, 2.24) is 15.1 Å². The van der Waals surface area contributed by atoms with Crippen molar-refractivity contribution < 1.29 is 4.52 Å². The summed E-state index contributed by atoms with van der Waals surface area (Å²) in [6.45, 7) is 4.46. The fourth-order valence-electron chi connectivity index (χ4n) is 2.01. The van der Waals surface area contributed by atoms with E-state index in [9.17, 15) is 0 Å². The van der Waals surface area contributed by atoms with Crippen molar-refractivity contribution >= 4 is 32.9 Å². The van der Waals surface area contributed by atoms with E-state index in [4.69, 9.17) is 10.3 Å². The van der Waals surface area contributed by atoms with E-state index in [-0.39, 0.29) is 0 Å². The first-order valence-corrected chi connectivity index (χ1v) is 7.13. The Morgan fingerprint density at radius 2 is 2.15 bits per heavy atom. The SMILES string of the molecule is Cc1nc(CCNc2cc3nc(C)sc3cc2N)no1. The fourth-order valence-corrected chi connectivity index (χ4v) is 2.87. The van der Waals surface area contributed by atoms with Crippen LogP contribution in [0.25, 0.3) is 10.2 Å². The molecule has 2 heterocycles. The van der Waals surface area contributed by atoms with E-state index in [1.54, 1.807) is 18.3 Å². The van der Waals surface area contributed by atoms with Crippen molar-refractivity contribution in [2.24, 2.45) is 0 Å². The highest BCUT2D eigenvalue weighted by Gasteiger charge is 2.07. The van der Waals surface area contributed by atoms with Crippen LogP contribution in [0.5, 0.6) is 0 Å². The number of hydrogen-bond donors (Lipinski definition) is 2. The Morgan fingerprint density at radius 1 is 1.30 bits per heavy atom. The standard InChI is InChI=1S/C13H15N5OS/c1-7-16-13(18-19-7)3-4-15-10-6-11-12(5-9(10)14)20-8(2)17-11/h5-6,15H,3-4,14H2,1-2H3. The van der Waals surface area contributed by atoms with Gasteiger partial charge in [0.25, 0.3) is 0 Å². The van der Waals surface area contributed by atoms with Crippen molar-refractivity contribution in [3.05, 3.63) is 28.9 Å². The van der Waals surface area contributed by atoms with Gasteiger partial charge in [-0.25, -0.2) is 4.98 Å². The third kappa shape index (κ3) is 2.57. The Bertz CT molecular complexity index is 748. The third-order valence-electron chi connectivity index (χ3n) is 2.90. The number of rotatable bonds is 4. The maximum Gasteiger partial charge on any atom is 0.223 e. The van der Waals surface area contributed by atoms with Crippen molar-refractivity contribution in [3.8, 4) is 0 Å². The van der Waals surface area contributed by atoms with E-state index >= 15 is 0 Å². The van der Waals surface area contributed by atoms with Crippen LogP contribution in [0.2, 0.25) is 0 Å². The van der Waals surface area contributed by atoms with Gasteiger partial charge in [-0.1, -0.05) is 5.16 Å². The maximum atomic E-state index is 6.05. The molecule has 0 radical (unpaired) electrons. The quantitative estimate of drug-likeness (QED) is 0.717. The maximum absolute atomic E-state index is 6.05. The molecule has 0 spiro atoms. The molecule has 0 bridgehead atoms. The average molecular weight is 289 g/mol. The summed E-state index contributed by atoms with van der Waals surface area (Å²) in [6, 6.07) is 3.94. The lowest BCUT2D eigenvalue weighted by atomic mass is 10.2. The Morgan fingerprint density at radius 3 is 2.90 bits per heavy atom. The molecule has 0 aliphatic heterocycles. The van der Waals surface area contributed by atoms with Gasteiger partial charge in [-0.2, -0.15) is 4.98 Å². The van der Waals surface area contributed by atoms with Crippen LogP contribution >= 0.6 is 11.3 Å². The Kier molecular flexibility index (Phi) is 3.27. The van der Waals surface area contributed by atoms with Gasteiger partial charge >= 0.3 is 0 Å². The van der Waals surface area contributed by atoms with Crippen molar-refractivity contribution in [2.45, 2.75) is 20.3 Å². The average Bonchev–Trinajstić information content (AvgIpc) is 2.95. The van der Waals surface area contributed by atoms with Gasteiger partial charge in [0.1, 0.15) is 0 Å². The second-order valence-corrected chi connectivity index (χ2v) is 5.78. The van der Waals surface area contributed by atoms with Gasteiger partial charge in [-0.05, 0) is 19.1 Å². The van der Waals surface area contributed by atoms with Crippen LogP contribution in [0.15, 0.2) is 16.7 Å². The molecular formula is C13H15N5OS. The molecule has 7 heteroatoms. The Hall–Kier alpha value is -2.15. The van der Waals surface area contributed by atoms with Gasteiger partial charge in [0, 0.05) is 19.9 Å². The van der Waals surface area contributed by atoms with Crippen LogP contribution in [-0.2, 0) is 6.42 Å². The molecule has 0 aliphatic rings. The number of nitrogens with zero attached hydrogens (tertiary/aromatic N) is 3. The Labute approximate surface area is 120 Å². The van der Waals surface area contributed by atoms with Crippen LogP contribution in [0.4, 0.5) is 11.4 Å². The second kappa shape index (κ2) is 5.09. The number of anilines is 2. The normalized spacial score (nSPS) is 11.1. The molecule has 1 aromatic carbocycles. The van der Waals surface area contributed by atoms with Crippen molar-refractivity contribution in [2.75, 3.05) is 17.6 Å². The molecule has 3 rings (SSSR count). The molecule has 104 valence electrons. The number of nitrogens with two attached hydrogens (primary N) is 1. The first kappa shape index (κ1) is 12.9. The third-order valence-corrected chi connectivity index (χ3v) is 3.83. The lowest BCUT2D eigenvalue weighted by Gasteiger charge is -2.08. The molecule has 0 aliphatic carbocycles. The van der Waals surface area contributed by atoms with Gasteiger partial charge in [0.05, 0.1) is 26.6 Å².